The van der Waals surface area contributed by atoms with Gasteiger partial charge in [0.15, 0.2) is 0 Å². The second-order valence-corrected chi connectivity index (χ2v) is 5.59. The summed E-state index contributed by atoms with van der Waals surface area (Å²) in [6.45, 7) is 4.98. The maximum Gasteiger partial charge on any atom is 0.137 e. The van der Waals surface area contributed by atoms with Gasteiger partial charge in [-0.05, 0) is 35.2 Å². The Morgan fingerprint density at radius 2 is 1.85 bits per heavy atom. The summed E-state index contributed by atoms with van der Waals surface area (Å²) in [7, 11) is 0. The third-order valence-corrected chi connectivity index (χ3v) is 3.70. The van der Waals surface area contributed by atoms with E-state index in [9.17, 15) is 0 Å². The van der Waals surface area contributed by atoms with Crippen molar-refractivity contribution in [1.82, 2.24) is 0 Å². The van der Waals surface area contributed by atoms with Crippen molar-refractivity contribution in [1.29, 1.82) is 0 Å². The van der Waals surface area contributed by atoms with Crippen molar-refractivity contribution in [3.8, 4) is 11.5 Å². The molecule has 1 aliphatic heterocycles. The van der Waals surface area contributed by atoms with Gasteiger partial charge in [-0.15, -0.1) is 0 Å². The number of hydrogen-bond donors (Lipinski definition) is 0. The predicted octanol–water partition coefficient (Wildman–Crippen LogP) is 4.19. The molecule has 2 nitrogen and oxygen atoms in total. The molecule has 0 saturated heterocycles. The van der Waals surface area contributed by atoms with Gasteiger partial charge < -0.3 is 9.47 Å². The van der Waals surface area contributed by atoms with E-state index in [-0.39, 0.29) is 6.10 Å². The van der Waals surface area contributed by atoms with Crippen LogP contribution in [-0.2, 0) is 6.42 Å². The Bertz CT molecular complexity index is 547. The second kappa shape index (κ2) is 5.58. The number of benzene rings is 2. The third kappa shape index (κ3) is 2.79. The minimum absolute atomic E-state index is 0.122. The molecule has 3 rings (SSSR count). The largest absolute Gasteiger partial charge is 0.490 e. The highest BCUT2D eigenvalue weighted by Crippen LogP contribution is 2.28. The van der Waals surface area contributed by atoms with E-state index in [4.69, 9.17) is 9.47 Å². The number of hydrogen-bond acceptors (Lipinski definition) is 2. The Labute approximate surface area is 120 Å². The Hall–Kier alpha value is -1.96. The van der Waals surface area contributed by atoms with Crippen molar-refractivity contribution in [2.45, 2.75) is 32.3 Å². The van der Waals surface area contributed by atoms with Crippen LogP contribution in [0.2, 0.25) is 0 Å². The fraction of sp³-hybridized carbons (Fsp3) is 0.333. The fourth-order valence-electron chi connectivity index (χ4n) is 2.49. The first-order valence-electron chi connectivity index (χ1n) is 7.19. The molecule has 0 radical (unpaired) electrons. The quantitative estimate of drug-likeness (QED) is 0.827. The fourth-order valence-corrected chi connectivity index (χ4v) is 2.49. The number of para-hydroxylation sites is 1. The maximum absolute atomic E-state index is 5.87. The first kappa shape index (κ1) is 13.0. The van der Waals surface area contributed by atoms with E-state index in [1.807, 2.05) is 24.3 Å². The molecule has 1 unspecified atom stereocenters. The van der Waals surface area contributed by atoms with E-state index in [2.05, 4.69) is 38.1 Å². The molecule has 0 fully saturated rings. The second-order valence-electron chi connectivity index (χ2n) is 5.59. The summed E-state index contributed by atoms with van der Waals surface area (Å²) in [5.74, 6) is 2.46. The van der Waals surface area contributed by atoms with Gasteiger partial charge >= 0.3 is 0 Å². The summed E-state index contributed by atoms with van der Waals surface area (Å²) < 4.78 is 11.7. The minimum atomic E-state index is 0.122. The minimum Gasteiger partial charge on any atom is -0.490 e. The highest BCUT2D eigenvalue weighted by atomic mass is 16.5. The zero-order valence-electron chi connectivity index (χ0n) is 12.0. The van der Waals surface area contributed by atoms with Gasteiger partial charge in [0.1, 0.15) is 24.2 Å². The number of rotatable bonds is 4. The van der Waals surface area contributed by atoms with Crippen LogP contribution in [0.5, 0.6) is 11.5 Å². The highest BCUT2D eigenvalue weighted by molar-refractivity contribution is 5.37. The lowest BCUT2D eigenvalue weighted by Gasteiger charge is -2.13. The number of ether oxygens (including phenoxy) is 2. The molecule has 0 aromatic heterocycles. The van der Waals surface area contributed by atoms with Crippen LogP contribution in [0.3, 0.4) is 0 Å². The van der Waals surface area contributed by atoms with Crippen LogP contribution in [-0.4, -0.2) is 12.7 Å². The van der Waals surface area contributed by atoms with Crippen molar-refractivity contribution in [2.24, 2.45) is 0 Å². The summed E-state index contributed by atoms with van der Waals surface area (Å²) in [5.41, 5.74) is 2.61. The Morgan fingerprint density at radius 3 is 2.55 bits per heavy atom. The van der Waals surface area contributed by atoms with Gasteiger partial charge in [-0.1, -0.05) is 44.2 Å². The molecule has 0 N–H and O–H groups in total. The van der Waals surface area contributed by atoms with E-state index >= 15 is 0 Å². The van der Waals surface area contributed by atoms with E-state index in [1.54, 1.807) is 0 Å². The molecule has 0 aliphatic carbocycles. The van der Waals surface area contributed by atoms with Crippen LogP contribution < -0.4 is 9.47 Å². The van der Waals surface area contributed by atoms with Gasteiger partial charge in [0.05, 0.1) is 0 Å². The molecular weight excluding hydrogens is 248 g/mol. The zero-order valence-corrected chi connectivity index (χ0v) is 12.0. The van der Waals surface area contributed by atoms with Gasteiger partial charge in [-0.2, -0.15) is 0 Å². The standard InChI is InChI=1S/C18H20O2/c1-13(2)14-7-9-16(10-8-14)19-12-17-11-15-5-3-4-6-18(15)20-17/h3-10,13,17H,11-12H2,1-2H3. The smallest absolute Gasteiger partial charge is 0.137 e. The maximum atomic E-state index is 5.87. The van der Waals surface area contributed by atoms with Crippen molar-refractivity contribution in [3.63, 3.8) is 0 Å². The van der Waals surface area contributed by atoms with Gasteiger partial charge in [0.2, 0.25) is 0 Å². The monoisotopic (exact) mass is 268 g/mol. The highest BCUT2D eigenvalue weighted by Gasteiger charge is 2.22. The predicted molar refractivity (Wildman–Crippen MR) is 80.6 cm³/mol. The summed E-state index contributed by atoms with van der Waals surface area (Å²) in [6, 6.07) is 16.5. The van der Waals surface area contributed by atoms with Gasteiger partial charge in [0.25, 0.3) is 0 Å². The van der Waals surface area contributed by atoms with Gasteiger partial charge in [-0.25, -0.2) is 0 Å². The van der Waals surface area contributed by atoms with E-state index in [0.717, 1.165) is 17.9 Å². The van der Waals surface area contributed by atoms with Crippen molar-refractivity contribution in [3.05, 3.63) is 59.7 Å². The molecule has 1 atom stereocenters. The van der Waals surface area contributed by atoms with E-state index in [0.29, 0.717) is 12.5 Å². The lowest BCUT2D eigenvalue weighted by molar-refractivity contribution is 0.148. The molecule has 2 heteroatoms. The van der Waals surface area contributed by atoms with Gasteiger partial charge in [-0.3, -0.25) is 0 Å². The Kier molecular flexibility index (Phi) is 3.64. The lowest BCUT2D eigenvalue weighted by Crippen LogP contribution is -2.22. The van der Waals surface area contributed by atoms with E-state index in [1.165, 1.54) is 11.1 Å². The normalized spacial score (nSPS) is 16.9. The average molecular weight is 268 g/mol. The Balaban J connectivity index is 1.56. The summed E-state index contributed by atoms with van der Waals surface area (Å²) in [5, 5.41) is 0. The first-order valence-corrected chi connectivity index (χ1v) is 7.19. The van der Waals surface area contributed by atoms with Crippen LogP contribution in [0.4, 0.5) is 0 Å². The topological polar surface area (TPSA) is 18.5 Å². The molecule has 2 aromatic carbocycles. The molecule has 0 saturated carbocycles. The van der Waals surface area contributed by atoms with Crippen LogP contribution >= 0.6 is 0 Å². The van der Waals surface area contributed by atoms with Crippen LogP contribution in [0, 0.1) is 0 Å². The molecule has 2 aromatic rings. The van der Waals surface area contributed by atoms with E-state index < -0.39 is 0 Å². The first-order chi connectivity index (χ1) is 9.72. The molecule has 1 aliphatic rings. The molecule has 20 heavy (non-hydrogen) atoms. The molecular formula is C18H20O2. The number of fused-ring (bicyclic) bond motifs is 1. The van der Waals surface area contributed by atoms with Crippen molar-refractivity contribution >= 4 is 0 Å². The third-order valence-electron chi connectivity index (χ3n) is 3.70. The van der Waals surface area contributed by atoms with Crippen molar-refractivity contribution < 1.29 is 9.47 Å². The zero-order chi connectivity index (χ0) is 13.9. The SMILES string of the molecule is CC(C)c1ccc(OCC2Cc3ccccc3O2)cc1. The Morgan fingerprint density at radius 1 is 1.10 bits per heavy atom. The van der Waals surface area contributed by atoms with Crippen LogP contribution in [0.1, 0.15) is 30.9 Å². The summed E-state index contributed by atoms with van der Waals surface area (Å²) >= 11 is 0. The summed E-state index contributed by atoms with van der Waals surface area (Å²) in [4.78, 5) is 0. The molecule has 1 heterocycles. The van der Waals surface area contributed by atoms with Crippen LogP contribution in [0.15, 0.2) is 48.5 Å². The molecule has 104 valence electrons. The lowest BCUT2D eigenvalue weighted by atomic mass is 10.0. The van der Waals surface area contributed by atoms with Crippen molar-refractivity contribution in [2.75, 3.05) is 6.61 Å². The summed E-state index contributed by atoms with van der Waals surface area (Å²) in [6.07, 6.45) is 1.05. The molecule has 0 amide bonds. The molecule has 0 bridgehead atoms. The van der Waals surface area contributed by atoms with Gasteiger partial charge in [0, 0.05) is 6.42 Å². The molecule has 0 spiro atoms. The van der Waals surface area contributed by atoms with Crippen LogP contribution in [0.25, 0.3) is 0 Å². The average Bonchev–Trinajstić information content (AvgIpc) is 2.88.